The number of amides is 1. The summed E-state index contributed by atoms with van der Waals surface area (Å²) in [6, 6.07) is -0.442. The van der Waals surface area contributed by atoms with E-state index < -0.39 is 29.6 Å². The van der Waals surface area contributed by atoms with Gasteiger partial charge in [-0.25, -0.2) is 4.79 Å². The Morgan fingerprint density at radius 2 is 1.65 bits per heavy atom. The highest BCUT2D eigenvalue weighted by molar-refractivity contribution is 5.73. The fourth-order valence-corrected chi connectivity index (χ4v) is 1.47. The Bertz CT molecular complexity index is 281. The fraction of sp³-hybridized carbons (Fsp3) is 0.833. The Labute approximate surface area is 103 Å². The van der Waals surface area contributed by atoms with Crippen LogP contribution >= 0.6 is 0 Å². The lowest BCUT2D eigenvalue weighted by Gasteiger charge is -2.28. The Morgan fingerprint density at radius 3 is 1.94 bits per heavy atom. The van der Waals surface area contributed by atoms with Crippen LogP contribution in [0.25, 0.3) is 0 Å². The summed E-state index contributed by atoms with van der Waals surface area (Å²) in [6.45, 7) is 10.6. The van der Waals surface area contributed by atoms with E-state index >= 15 is 0 Å². The van der Waals surface area contributed by atoms with Gasteiger partial charge in [0.15, 0.2) is 0 Å². The van der Waals surface area contributed by atoms with Gasteiger partial charge in [0.1, 0.15) is 5.60 Å². The molecule has 0 rings (SSSR count). The normalized spacial score (nSPS) is 15.2. The molecule has 5 nitrogen and oxygen atoms in total. The first-order valence-corrected chi connectivity index (χ1v) is 5.77. The zero-order valence-corrected chi connectivity index (χ0v) is 11.4. The van der Waals surface area contributed by atoms with Crippen LogP contribution in [0.4, 0.5) is 4.79 Å². The van der Waals surface area contributed by atoms with Crippen molar-refractivity contribution < 1.29 is 19.4 Å². The van der Waals surface area contributed by atoms with E-state index in [9.17, 15) is 9.59 Å². The van der Waals surface area contributed by atoms with E-state index in [0.717, 1.165) is 0 Å². The largest absolute Gasteiger partial charge is 0.481 e. The number of carboxylic acids is 1. The fourth-order valence-electron chi connectivity index (χ4n) is 1.47. The predicted octanol–water partition coefficient (Wildman–Crippen LogP) is 2.26. The first kappa shape index (κ1) is 15.7. The van der Waals surface area contributed by atoms with Crippen LogP contribution in [0.2, 0.25) is 0 Å². The molecule has 100 valence electrons. The number of ether oxygens (including phenoxy) is 1. The molecule has 2 N–H and O–H groups in total. The monoisotopic (exact) mass is 245 g/mol. The number of hydrogen-bond acceptors (Lipinski definition) is 3. The second-order valence-electron chi connectivity index (χ2n) is 5.54. The van der Waals surface area contributed by atoms with Crippen LogP contribution in [0.3, 0.4) is 0 Å². The Balaban J connectivity index is 4.57. The first-order chi connectivity index (χ1) is 7.54. The third kappa shape index (κ3) is 6.14. The number of carbonyl (C=O) groups excluding carboxylic acids is 1. The number of nitrogens with one attached hydrogen (secondary N) is 1. The van der Waals surface area contributed by atoms with Gasteiger partial charge in [-0.1, -0.05) is 13.8 Å². The highest BCUT2D eigenvalue weighted by Crippen LogP contribution is 2.14. The Hall–Kier alpha value is -1.26. The molecule has 0 aromatic carbocycles. The second kappa shape index (κ2) is 5.89. The minimum atomic E-state index is -0.931. The summed E-state index contributed by atoms with van der Waals surface area (Å²) in [4.78, 5) is 22.5. The van der Waals surface area contributed by atoms with Crippen LogP contribution in [-0.2, 0) is 9.53 Å². The summed E-state index contributed by atoms with van der Waals surface area (Å²) in [6.07, 6.45) is -0.579. The smallest absolute Gasteiger partial charge is 0.407 e. The molecule has 0 aromatic rings. The van der Waals surface area contributed by atoms with E-state index in [1.165, 1.54) is 0 Å². The van der Waals surface area contributed by atoms with Gasteiger partial charge in [0.05, 0.1) is 5.92 Å². The van der Waals surface area contributed by atoms with Crippen LogP contribution in [0, 0.1) is 11.8 Å². The van der Waals surface area contributed by atoms with E-state index in [1.807, 2.05) is 13.8 Å². The van der Waals surface area contributed by atoms with Crippen molar-refractivity contribution in [1.82, 2.24) is 5.32 Å². The predicted molar refractivity (Wildman–Crippen MR) is 64.8 cm³/mol. The molecule has 5 heteroatoms. The molecular weight excluding hydrogens is 222 g/mol. The maximum absolute atomic E-state index is 11.6. The number of rotatable bonds is 4. The lowest BCUT2D eigenvalue weighted by atomic mass is 9.92. The third-order valence-corrected chi connectivity index (χ3v) is 2.33. The minimum absolute atomic E-state index is 0.0219. The summed E-state index contributed by atoms with van der Waals surface area (Å²) in [5, 5.41) is 11.6. The number of carboxylic acid groups (broad SMARTS) is 1. The number of aliphatic carboxylic acids is 1. The summed E-state index contributed by atoms with van der Waals surface area (Å²) < 4.78 is 5.11. The summed E-state index contributed by atoms with van der Waals surface area (Å²) in [5.41, 5.74) is -0.585. The van der Waals surface area contributed by atoms with Gasteiger partial charge in [-0.15, -0.1) is 0 Å². The van der Waals surface area contributed by atoms with Gasteiger partial charge in [0.25, 0.3) is 0 Å². The third-order valence-electron chi connectivity index (χ3n) is 2.33. The minimum Gasteiger partial charge on any atom is -0.481 e. The zero-order chi connectivity index (χ0) is 13.8. The molecule has 0 unspecified atom stereocenters. The number of carbonyl (C=O) groups is 2. The molecule has 0 bridgehead atoms. The molecule has 0 saturated heterocycles. The van der Waals surface area contributed by atoms with E-state index in [0.29, 0.717) is 0 Å². The van der Waals surface area contributed by atoms with Crippen molar-refractivity contribution in [3.63, 3.8) is 0 Å². The maximum atomic E-state index is 11.6. The summed E-state index contributed by atoms with van der Waals surface area (Å²) in [7, 11) is 0. The highest BCUT2D eigenvalue weighted by atomic mass is 16.6. The topological polar surface area (TPSA) is 75.6 Å². The molecule has 0 aliphatic heterocycles. The van der Waals surface area contributed by atoms with Crippen LogP contribution in [-0.4, -0.2) is 28.8 Å². The van der Waals surface area contributed by atoms with Crippen LogP contribution in [0.5, 0.6) is 0 Å². The first-order valence-electron chi connectivity index (χ1n) is 5.77. The van der Waals surface area contributed by atoms with E-state index in [4.69, 9.17) is 9.84 Å². The van der Waals surface area contributed by atoms with Gasteiger partial charge in [-0.3, -0.25) is 4.79 Å². The number of alkyl carbamates (subject to hydrolysis) is 1. The summed E-state index contributed by atoms with van der Waals surface area (Å²) >= 11 is 0. The Kier molecular flexibility index (Phi) is 5.45. The van der Waals surface area contributed by atoms with E-state index in [1.54, 1.807) is 27.7 Å². The van der Waals surface area contributed by atoms with Crippen molar-refractivity contribution in [2.24, 2.45) is 11.8 Å². The average Bonchev–Trinajstić information content (AvgIpc) is 2.09. The molecule has 0 spiro atoms. The standard InChI is InChI=1S/C12H23NO4/c1-7(2)9(8(3)10(14)15)13-11(16)17-12(4,5)6/h7-9H,1-6H3,(H,13,16)(H,14,15)/t8-,9-/m0/s1. The quantitative estimate of drug-likeness (QED) is 0.796. The van der Waals surface area contributed by atoms with Crippen molar-refractivity contribution >= 4 is 12.1 Å². The molecule has 1 amide bonds. The molecule has 0 aromatic heterocycles. The lowest BCUT2D eigenvalue weighted by Crippen LogP contribution is -2.47. The van der Waals surface area contributed by atoms with E-state index in [-0.39, 0.29) is 5.92 Å². The van der Waals surface area contributed by atoms with Crippen LogP contribution in [0.15, 0.2) is 0 Å². The Morgan fingerprint density at radius 1 is 1.18 bits per heavy atom. The maximum Gasteiger partial charge on any atom is 0.407 e. The molecule has 0 aliphatic rings. The highest BCUT2D eigenvalue weighted by Gasteiger charge is 2.29. The molecule has 17 heavy (non-hydrogen) atoms. The van der Waals surface area contributed by atoms with Gasteiger partial charge in [-0.2, -0.15) is 0 Å². The molecule has 0 heterocycles. The van der Waals surface area contributed by atoms with Crippen molar-refractivity contribution in [1.29, 1.82) is 0 Å². The molecule has 0 fully saturated rings. The second-order valence-corrected chi connectivity index (χ2v) is 5.54. The summed E-state index contributed by atoms with van der Waals surface area (Å²) in [5.74, 6) is -1.56. The van der Waals surface area contributed by atoms with Crippen LogP contribution < -0.4 is 5.32 Å². The lowest BCUT2D eigenvalue weighted by molar-refractivity contribution is -0.142. The van der Waals surface area contributed by atoms with Gasteiger partial charge in [0.2, 0.25) is 0 Å². The molecule has 0 aliphatic carbocycles. The SMILES string of the molecule is CC(C)[C@H](NC(=O)OC(C)(C)C)[C@H](C)C(=O)O. The molecule has 0 radical (unpaired) electrons. The van der Waals surface area contributed by atoms with E-state index in [2.05, 4.69) is 5.32 Å². The molecule has 2 atom stereocenters. The van der Waals surface area contributed by atoms with Gasteiger partial charge in [0, 0.05) is 6.04 Å². The van der Waals surface area contributed by atoms with Crippen molar-refractivity contribution in [2.75, 3.05) is 0 Å². The van der Waals surface area contributed by atoms with Crippen molar-refractivity contribution in [3.05, 3.63) is 0 Å². The van der Waals surface area contributed by atoms with Gasteiger partial charge >= 0.3 is 12.1 Å². The van der Waals surface area contributed by atoms with Gasteiger partial charge in [-0.05, 0) is 33.6 Å². The van der Waals surface area contributed by atoms with Crippen molar-refractivity contribution in [3.8, 4) is 0 Å². The average molecular weight is 245 g/mol. The molecule has 0 saturated carbocycles. The van der Waals surface area contributed by atoms with Crippen molar-refractivity contribution in [2.45, 2.75) is 53.2 Å². The molecular formula is C12H23NO4. The number of hydrogen-bond donors (Lipinski definition) is 2. The zero-order valence-electron chi connectivity index (χ0n) is 11.4. The van der Waals surface area contributed by atoms with Gasteiger partial charge < -0.3 is 15.2 Å². The van der Waals surface area contributed by atoms with Crippen LogP contribution in [0.1, 0.15) is 41.5 Å².